The van der Waals surface area contributed by atoms with Crippen LogP contribution in [0.25, 0.3) is 10.9 Å². The summed E-state index contributed by atoms with van der Waals surface area (Å²) >= 11 is 3.61. The number of aromatic amines is 1. The molecule has 1 aliphatic rings. The lowest BCUT2D eigenvalue weighted by Gasteiger charge is -2.27. The van der Waals surface area contributed by atoms with E-state index in [9.17, 15) is 10.1 Å². The SMILES string of the molecule is O=[N+]([O-])C1=CNC(Br)(c2cccc3[nH]ccc23)C=C1. The standard InChI is InChI=1S/C13H10BrN3O2/c14-13(6-4-9(8-16-13)17(18)19)11-2-1-3-12-10(11)5-7-15-12/h1-8,15-16H. The Morgan fingerprint density at radius 2 is 2.16 bits per heavy atom. The maximum atomic E-state index is 10.7. The fourth-order valence-corrected chi connectivity index (χ4v) is 2.75. The van der Waals surface area contributed by atoms with Gasteiger partial charge in [-0.1, -0.05) is 28.1 Å². The number of fused-ring (bicyclic) bond motifs is 1. The highest BCUT2D eigenvalue weighted by atomic mass is 79.9. The number of nitrogens with one attached hydrogen (secondary N) is 2. The van der Waals surface area contributed by atoms with Crippen LogP contribution in [0.2, 0.25) is 0 Å². The number of benzene rings is 1. The molecular weight excluding hydrogens is 310 g/mol. The van der Waals surface area contributed by atoms with Crippen molar-refractivity contribution in [2.45, 2.75) is 4.45 Å². The van der Waals surface area contributed by atoms with Gasteiger partial charge in [0.15, 0.2) is 0 Å². The third kappa shape index (κ3) is 1.94. The van der Waals surface area contributed by atoms with Crippen LogP contribution in [0.4, 0.5) is 0 Å². The molecule has 0 fully saturated rings. The van der Waals surface area contributed by atoms with E-state index in [4.69, 9.17) is 0 Å². The van der Waals surface area contributed by atoms with Crippen molar-refractivity contribution in [2.75, 3.05) is 0 Å². The quantitative estimate of drug-likeness (QED) is 0.387. The van der Waals surface area contributed by atoms with E-state index in [1.807, 2.05) is 30.5 Å². The Hall–Kier alpha value is -2.08. The van der Waals surface area contributed by atoms with Crippen LogP contribution in [0.1, 0.15) is 5.56 Å². The first kappa shape index (κ1) is 12.0. The van der Waals surface area contributed by atoms with Crippen LogP contribution in [0.5, 0.6) is 0 Å². The maximum Gasteiger partial charge on any atom is 0.284 e. The van der Waals surface area contributed by atoms with Crippen molar-refractivity contribution in [2.24, 2.45) is 0 Å². The topological polar surface area (TPSA) is 71.0 Å². The first-order valence-corrected chi connectivity index (χ1v) is 6.46. The van der Waals surface area contributed by atoms with Gasteiger partial charge in [0.25, 0.3) is 5.70 Å². The van der Waals surface area contributed by atoms with Crippen molar-refractivity contribution in [1.29, 1.82) is 0 Å². The summed E-state index contributed by atoms with van der Waals surface area (Å²) < 4.78 is -0.631. The molecule has 1 atom stereocenters. The second-order valence-corrected chi connectivity index (χ2v) is 5.51. The predicted molar refractivity (Wildman–Crippen MR) is 76.3 cm³/mol. The average molecular weight is 320 g/mol. The van der Waals surface area contributed by atoms with Crippen LogP contribution in [0.3, 0.4) is 0 Å². The summed E-state index contributed by atoms with van der Waals surface area (Å²) in [5, 5.41) is 14.8. The van der Waals surface area contributed by atoms with Gasteiger partial charge in [-0.2, -0.15) is 0 Å². The summed E-state index contributed by atoms with van der Waals surface area (Å²) in [4.78, 5) is 13.4. The molecule has 0 spiro atoms. The van der Waals surface area contributed by atoms with Gasteiger partial charge in [-0.25, -0.2) is 0 Å². The molecule has 0 aliphatic carbocycles. The first-order valence-electron chi connectivity index (χ1n) is 5.67. The maximum absolute atomic E-state index is 10.7. The highest BCUT2D eigenvalue weighted by Crippen LogP contribution is 2.36. The molecule has 0 saturated heterocycles. The van der Waals surface area contributed by atoms with Gasteiger partial charge in [-0.05, 0) is 18.2 Å². The van der Waals surface area contributed by atoms with Crippen molar-refractivity contribution in [3.8, 4) is 0 Å². The number of H-pyrrole nitrogens is 1. The highest BCUT2D eigenvalue weighted by Gasteiger charge is 2.30. The second-order valence-electron chi connectivity index (χ2n) is 4.26. The third-order valence-corrected chi connectivity index (χ3v) is 4.03. The van der Waals surface area contributed by atoms with Gasteiger partial charge in [0.2, 0.25) is 0 Å². The van der Waals surface area contributed by atoms with Gasteiger partial charge in [-0.15, -0.1) is 0 Å². The number of nitrogens with zero attached hydrogens (tertiary/aromatic N) is 1. The third-order valence-electron chi connectivity index (χ3n) is 3.11. The lowest BCUT2D eigenvalue weighted by atomic mass is 10.0. The molecule has 3 rings (SSSR count). The average Bonchev–Trinajstić information content (AvgIpc) is 2.87. The van der Waals surface area contributed by atoms with Gasteiger partial charge >= 0.3 is 0 Å². The number of dihydropyridines is 1. The molecule has 1 unspecified atom stereocenters. The van der Waals surface area contributed by atoms with Crippen LogP contribution in [-0.2, 0) is 4.45 Å². The van der Waals surface area contributed by atoms with Crippen LogP contribution in [0.15, 0.2) is 54.5 Å². The molecule has 1 aromatic carbocycles. The van der Waals surface area contributed by atoms with Crippen molar-refractivity contribution in [3.63, 3.8) is 0 Å². The van der Waals surface area contributed by atoms with E-state index >= 15 is 0 Å². The molecule has 1 aliphatic heterocycles. The fourth-order valence-electron chi connectivity index (χ4n) is 2.16. The van der Waals surface area contributed by atoms with E-state index in [0.717, 1.165) is 16.5 Å². The van der Waals surface area contributed by atoms with Crippen molar-refractivity contribution < 1.29 is 4.92 Å². The van der Waals surface area contributed by atoms with Gasteiger partial charge in [-0.3, -0.25) is 10.1 Å². The number of alkyl halides is 1. The zero-order valence-electron chi connectivity index (χ0n) is 9.76. The molecule has 0 bridgehead atoms. The predicted octanol–water partition coefficient (Wildman–Crippen LogP) is 2.99. The van der Waals surface area contributed by atoms with E-state index < -0.39 is 9.37 Å². The summed E-state index contributed by atoms with van der Waals surface area (Å²) in [6.07, 6.45) is 6.51. The fraction of sp³-hybridized carbons (Fsp3) is 0.0769. The zero-order valence-corrected chi connectivity index (χ0v) is 11.3. The molecular formula is C13H10BrN3O2. The number of rotatable bonds is 2. The number of hydrogen-bond acceptors (Lipinski definition) is 3. The Balaban J connectivity index is 2.06. The highest BCUT2D eigenvalue weighted by molar-refractivity contribution is 9.09. The molecule has 0 radical (unpaired) electrons. The normalized spacial score (nSPS) is 22.1. The Morgan fingerprint density at radius 1 is 1.32 bits per heavy atom. The van der Waals surface area contributed by atoms with E-state index in [1.54, 1.807) is 6.08 Å². The number of aromatic nitrogens is 1. The largest absolute Gasteiger partial charge is 0.364 e. The lowest BCUT2D eigenvalue weighted by Crippen LogP contribution is -2.33. The minimum absolute atomic E-state index is 0.0383. The van der Waals surface area contributed by atoms with E-state index in [2.05, 4.69) is 26.2 Å². The van der Waals surface area contributed by atoms with Crippen LogP contribution in [-0.4, -0.2) is 9.91 Å². The van der Waals surface area contributed by atoms with Gasteiger partial charge in [0, 0.05) is 28.7 Å². The zero-order chi connectivity index (χ0) is 13.5. The number of halogens is 1. The number of hydrogen-bond donors (Lipinski definition) is 2. The summed E-state index contributed by atoms with van der Waals surface area (Å²) in [6.45, 7) is 0. The molecule has 19 heavy (non-hydrogen) atoms. The summed E-state index contributed by atoms with van der Waals surface area (Å²) in [5.41, 5.74) is 2.06. The molecule has 2 aromatic rings. The van der Waals surface area contributed by atoms with E-state index in [0.29, 0.717) is 0 Å². The minimum Gasteiger partial charge on any atom is -0.364 e. The Bertz CT molecular complexity index is 720. The number of allylic oxidation sites excluding steroid dienone is 1. The lowest BCUT2D eigenvalue weighted by molar-refractivity contribution is -0.419. The van der Waals surface area contributed by atoms with Gasteiger partial charge in [0.1, 0.15) is 4.45 Å². The van der Waals surface area contributed by atoms with Gasteiger partial charge < -0.3 is 10.3 Å². The Labute approximate surface area is 117 Å². The molecule has 2 heterocycles. The van der Waals surface area contributed by atoms with E-state index in [-0.39, 0.29) is 5.70 Å². The summed E-state index contributed by atoms with van der Waals surface area (Å²) in [6, 6.07) is 7.89. The van der Waals surface area contributed by atoms with Crippen LogP contribution >= 0.6 is 15.9 Å². The smallest absolute Gasteiger partial charge is 0.284 e. The molecule has 2 N–H and O–H groups in total. The molecule has 0 saturated carbocycles. The minimum atomic E-state index is -0.631. The van der Waals surface area contributed by atoms with E-state index in [1.165, 1.54) is 12.3 Å². The van der Waals surface area contributed by atoms with Gasteiger partial charge in [0.05, 0.1) is 11.1 Å². The Kier molecular flexibility index (Phi) is 2.67. The van der Waals surface area contributed by atoms with Crippen LogP contribution < -0.4 is 5.32 Å². The van der Waals surface area contributed by atoms with Crippen molar-refractivity contribution >= 4 is 26.8 Å². The first-order chi connectivity index (χ1) is 9.10. The van der Waals surface area contributed by atoms with Crippen LogP contribution in [0, 0.1) is 10.1 Å². The molecule has 6 heteroatoms. The number of nitro groups is 1. The van der Waals surface area contributed by atoms with Crippen molar-refractivity contribution in [1.82, 2.24) is 10.3 Å². The molecule has 96 valence electrons. The Morgan fingerprint density at radius 3 is 2.84 bits per heavy atom. The summed E-state index contributed by atoms with van der Waals surface area (Å²) in [7, 11) is 0. The summed E-state index contributed by atoms with van der Waals surface area (Å²) in [5.74, 6) is 0. The molecule has 1 aromatic heterocycles. The molecule has 0 amide bonds. The monoisotopic (exact) mass is 319 g/mol. The molecule has 5 nitrogen and oxygen atoms in total. The van der Waals surface area contributed by atoms with Crippen molar-refractivity contribution in [3.05, 3.63) is 70.2 Å². The second kappa shape index (κ2) is 4.24.